The maximum absolute atomic E-state index is 8.45. The first kappa shape index (κ1) is 37.8. The molecule has 4 nitrogen and oxygen atoms in total. The molecule has 0 aliphatic carbocycles. The second-order valence-corrected chi connectivity index (χ2v) is 13.2. The fourth-order valence-corrected chi connectivity index (χ4v) is 8.48. The van der Waals surface area contributed by atoms with Gasteiger partial charge in [0, 0.05) is 28.2 Å². The van der Waals surface area contributed by atoms with Crippen LogP contribution in [0, 0.1) is 0 Å². The van der Waals surface area contributed by atoms with Crippen LogP contribution in [0.25, 0.3) is 0 Å². The number of pyridine rings is 2. The van der Waals surface area contributed by atoms with Crippen molar-refractivity contribution in [2.75, 3.05) is 0 Å². The summed E-state index contributed by atoms with van der Waals surface area (Å²) in [5, 5.41) is 5.34. The molecule has 1 radical (unpaired) electrons. The van der Waals surface area contributed by atoms with Crippen molar-refractivity contribution < 1.29 is 29.1 Å². The summed E-state index contributed by atoms with van der Waals surface area (Å²) in [4.78, 5) is 26.0. The van der Waals surface area contributed by atoms with Crippen LogP contribution in [0.4, 0.5) is 0 Å². The zero-order chi connectivity index (χ0) is 31.2. The predicted molar refractivity (Wildman–Crippen MR) is 189 cm³/mol. The molecule has 0 amide bonds. The molecular weight excluding hydrogens is 728 g/mol. The summed E-state index contributed by atoms with van der Waals surface area (Å²) < 4.78 is 0. The van der Waals surface area contributed by atoms with Gasteiger partial charge in [-0.15, -0.1) is 0 Å². The van der Waals surface area contributed by atoms with Gasteiger partial charge in [0.1, 0.15) is 0 Å². The number of hydrogen-bond acceptors (Lipinski definition) is 4. The number of benzene rings is 4. The van der Waals surface area contributed by atoms with Crippen molar-refractivity contribution in [1.82, 2.24) is 9.97 Å². The molecule has 0 spiro atoms. The SMILES string of the molecule is O=[C-]Cl.O=[C-]Cl.[Rh+2].c1ccc(P(c2ccccc2)c2ccccn2)cc1.c1ccc(P(c2ccccc2)c2ccccn2)cc1. The molecule has 4 aromatic carbocycles. The zero-order valence-corrected chi connectivity index (χ0v) is 28.8. The third-order valence-electron chi connectivity index (χ3n) is 5.81. The van der Waals surface area contributed by atoms with Crippen LogP contribution in [0.15, 0.2) is 170 Å². The third-order valence-corrected chi connectivity index (χ3v) is 10.5. The Morgan fingerprint density at radius 1 is 0.400 bits per heavy atom. The molecule has 2 heterocycles. The van der Waals surface area contributed by atoms with Crippen LogP contribution in [0.2, 0.25) is 0 Å². The quantitative estimate of drug-likeness (QED) is 0.0872. The van der Waals surface area contributed by atoms with Gasteiger partial charge in [0.2, 0.25) is 0 Å². The normalized spacial score (nSPS) is 9.51. The molecule has 0 saturated heterocycles. The summed E-state index contributed by atoms with van der Waals surface area (Å²) in [7, 11) is -1.11. The molecule has 0 saturated carbocycles. The number of rotatable bonds is 6. The van der Waals surface area contributed by atoms with E-state index in [0.717, 1.165) is 22.4 Å². The number of hydrogen-bond donors (Lipinski definition) is 0. The molecule has 0 aliphatic rings. The van der Waals surface area contributed by atoms with Gasteiger partial charge in [0.25, 0.3) is 0 Å². The van der Waals surface area contributed by atoms with E-state index in [0.29, 0.717) is 0 Å². The molecule has 0 unspecified atom stereocenters. The van der Waals surface area contributed by atoms with Gasteiger partial charge in [-0.3, -0.25) is 9.97 Å². The Kier molecular flexibility index (Phi) is 19.3. The molecule has 0 atom stereocenters. The van der Waals surface area contributed by atoms with Gasteiger partial charge in [0.05, 0.1) is 10.9 Å². The van der Waals surface area contributed by atoms with Crippen molar-refractivity contribution in [3.63, 3.8) is 0 Å². The Hall–Kier alpha value is -3.42. The second-order valence-electron chi connectivity index (χ2n) is 8.54. The van der Waals surface area contributed by atoms with Crippen molar-refractivity contribution in [2.24, 2.45) is 0 Å². The Morgan fingerprint density at radius 2 is 0.622 bits per heavy atom. The van der Waals surface area contributed by atoms with Gasteiger partial charge in [0.15, 0.2) is 0 Å². The standard InChI is InChI=1S/2C17H14NP.2CClO.Rh/c2*1-3-9-15(10-4-1)19(16-11-5-2-6-12-16)17-13-7-8-14-18-17;2*2-1-3;/h2*1-14H;;;/q;;2*-1;+2. The van der Waals surface area contributed by atoms with Crippen LogP contribution in [0.5, 0.6) is 0 Å². The first-order valence-corrected chi connectivity index (χ1v) is 16.8. The van der Waals surface area contributed by atoms with E-state index in [1.807, 2.05) is 24.5 Å². The maximum Gasteiger partial charge on any atom is 2.00 e. The smallest absolute Gasteiger partial charge is 0.525 e. The van der Waals surface area contributed by atoms with Crippen LogP contribution in [-0.2, 0) is 29.1 Å². The summed E-state index contributed by atoms with van der Waals surface area (Å²) in [5.74, 6) is 1.94. The van der Waals surface area contributed by atoms with E-state index in [2.05, 4.69) is 179 Å². The molecule has 6 aromatic rings. The monoisotopic (exact) mass is 755 g/mol. The molecular formula is C36H28Cl2N2O2P2Rh. The minimum absolute atomic E-state index is 0. The molecule has 0 bridgehead atoms. The van der Waals surface area contributed by atoms with Gasteiger partial charge in [-0.1, -0.05) is 133 Å². The van der Waals surface area contributed by atoms with Crippen LogP contribution < -0.4 is 32.1 Å². The molecule has 9 heteroatoms. The van der Waals surface area contributed by atoms with E-state index in [-0.39, 0.29) is 19.5 Å². The minimum atomic E-state index is -0.557. The van der Waals surface area contributed by atoms with Crippen LogP contribution in [-0.4, -0.2) is 21.5 Å². The van der Waals surface area contributed by atoms with Crippen molar-refractivity contribution in [3.8, 4) is 0 Å². The van der Waals surface area contributed by atoms with Crippen molar-refractivity contribution in [2.45, 2.75) is 0 Å². The first-order chi connectivity index (χ1) is 21.7. The molecule has 227 valence electrons. The van der Waals surface area contributed by atoms with Crippen LogP contribution in [0.3, 0.4) is 0 Å². The largest absolute Gasteiger partial charge is 2.00 e. The molecule has 45 heavy (non-hydrogen) atoms. The van der Waals surface area contributed by atoms with Gasteiger partial charge in [-0.25, -0.2) is 0 Å². The van der Waals surface area contributed by atoms with Crippen LogP contribution in [0.1, 0.15) is 0 Å². The third kappa shape index (κ3) is 12.8. The minimum Gasteiger partial charge on any atom is -0.525 e. The van der Waals surface area contributed by atoms with Gasteiger partial charge < -0.3 is 32.8 Å². The number of aromatic nitrogens is 2. The second kappa shape index (κ2) is 23.0. The molecule has 0 aliphatic heterocycles. The van der Waals surface area contributed by atoms with Crippen molar-refractivity contribution in [3.05, 3.63) is 170 Å². The summed E-state index contributed by atoms with van der Waals surface area (Å²) in [6.45, 7) is 0. The summed E-state index contributed by atoms with van der Waals surface area (Å²) in [5.41, 5.74) is 2.30. The Balaban J connectivity index is 0.000000262. The number of carbonyl (C=O) groups excluding carboxylic acids is 2. The fraction of sp³-hybridized carbons (Fsp3) is 0. The molecule has 2 aromatic heterocycles. The van der Waals surface area contributed by atoms with Crippen molar-refractivity contribution in [1.29, 1.82) is 0 Å². The van der Waals surface area contributed by atoms with E-state index in [1.54, 1.807) is 0 Å². The molecule has 0 N–H and O–H groups in total. The topological polar surface area (TPSA) is 59.9 Å². The molecule has 6 rings (SSSR count). The van der Waals surface area contributed by atoms with E-state index < -0.39 is 15.8 Å². The van der Waals surface area contributed by atoms with E-state index in [4.69, 9.17) is 9.59 Å². The maximum atomic E-state index is 8.45. The van der Waals surface area contributed by atoms with Crippen molar-refractivity contribution >= 4 is 82.6 Å². The first-order valence-electron chi connectivity index (χ1n) is 13.3. The summed E-state index contributed by atoms with van der Waals surface area (Å²) in [6, 6.07) is 54.8. The van der Waals surface area contributed by atoms with E-state index >= 15 is 0 Å². The Morgan fingerprint density at radius 3 is 0.822 bits per heavy atom. The predicted octanol–water partition coefficient (Wildman–Crippen LogP) is 6.26. The Bertz CT molecular complexity index is 1300. The average molecular weight is 756 g/mol. The average Bonchev–Trinajstić information content (AvgIpc) is 3.09. The number of halogens is 2. The van der Waals surface area contributed by atoms with Gasteiger partial charge >= 0.3 is 19.5 Å². The Labute approximate surface area is 290 Å². The fourth-order valence-electron chi connectivity index (χ4n) is 4.11. The summed E-state index contributed by atoms with van der Waals surface area (Å²) in [6.07, 6.45) is 3.74. The summed E-state index contributed by atoms with van der Waals surface area (Å²) >= 11 is 8.39. The number of nitrogens with zero attached hydrogens (tertiary/aromatic N) is 2. The van der Waals surface area contributed by atoms with E-state index in [1.165, 1.54) is 21.2 Å². The van der Waals surface area contributed by atoms with E-state index in [9.17, 15) is 0 Å². The van der Waals surface area contributed by atoms with Gasteiger partial charge in [-0.05, 0) is 45.5 Å². The zero-order valence-electron chi connectivity index (χ0n) is 23.9. The van der Waals surface area contributed by atoms with Crippen LogP contribution >= 0.6 is 39.0 Å². The van der Waals surface area contributed by atoms with Gasteiger partial charge in [-0.2, -0.15) is 11.5 Å². The molecule has 0 fully saturated rings.